The number of fused-ring (bicyclic) bond motifs is 1. The Hall–Kier alpha value is -1.71. The number of benzene rings is 1. The van der Waals surface area contributed by atoms with Crippen LogP contribution < -0.4 is 10.1 Å². The van der Waals surface area contributed by atoms with Gasteiger partial charge in [0.1, 0.15) is 11.4 Å². The fraction of sp³-hybridized carbons (Fsp3) is 0.364. The third kappa shape index (κ3) is 1.88. The number of aromatic carboxylic acids is 1. The first-order chi connectivity index (χ1) is 6.98. The SMILES string of the molecule is CC1(C)CNc2cc(C(=O)O)ccc2O1. The average Bonchev–Trinajstić information content (AvgIpc) is 2.15. The quantitative estimate of drug-likeness (QED) is 0.739. The van der Waals surface area contributed by atoms with Crippen LogP contribution in [0.3, 0.4) is 0 Å². The molecule has 1 aromatic rings. The second-order valence-electron chi connectivity index (χ2n) is 4.23. The van der Waals surface area contributed by atoms with E-state index in [0.29, 0.717) is 12.3 Å². The van der Waals surface area contributed by atoms with Crippen molar-refractivity contribution in [3.8, 4) is 5.75 Å². The third-order valence-electron chi connectivity index (χ3n) is 2.32. The highest BCUT2D eigenvalue weighted by Crippen LogP contribution is 2.33. The molecular formula is C11H13NO3. The van der Waals surface area contributed by atoms with Gasteiger partial charge in [-0.3, -0.25) is 0 Å². The summed E-state index contributed by atoms with van der Waals surface area (Å²) in [5.41, 5.74) is 0.761. The van der Waals surface area contributed by atoms with E-state index in [9.17, 15) is 4.79 Å². The van der Waals surface area contributed by atoms with E-state index < -0.39 is 5.97 Å². The highest BCUT2D eigenvalue weighted by molar-refractivity contribution is 5.89. The highest BCUT2D eigenvalue weighted by atomic mass is 16.5. The van der Waals surface area contributed by atoms with Crippen LogP contribution in [0.15, 0.2) is 18.2 Å². The molecule has 1 aliphatic rings. The normalized spacial score (nSPS) is 17.2. The van der Waals surface area contributed by atoms with Crippen LogP contribution in [0.5, 0.6) is 5.75 Å². The first-order valence-electron chi connectivity index (χ1n) is 4.78. The van der Waals surface area contributed by atoms with E-state index in [1.165, 1.54) is 0 Å². The zero-order valence-corrected chi connectivity index (χ0v) is 8.70. The van der Waals surface area contributed by atoms with Crippen LogP contribution in [-0.4, -0.2) is 23.2 Å². The lowest BCUT2D eigenvalue weighted by Crippen LogP contribution is -2.40. The number of anilines is 1. The molecule has 4 nitrogen and oxygen atoms in total. The summed E-state index contributed by atoms with van der Waals surface area (Å²) >= 11 is 0. The van der Waals surface area contributed by atoms with Crippen molar-refractivity contribution in [2.24, 2.45) is 0 Å². The van der Waals surface area contributed by atoms with Gasteiger partial charge in [0, 0.05) is 0 Å². The lowest BCUT2D eigenvalue weighted by atomic mass is 10.1. The number of carboxylic acids is 1. The first-order valence-corrected chi connectivity index (χ1v) is 4.78. The van der Waals surface area contributed by atoms with Crippen LogP contribution in [0, 0.1) is 0 Å². The molecule has 2 rings (SSSR count). The van der Waals surface area contributed by atoms with Crippen molar-refractivity contribution in [2.45, 2.75) is 19.4 Å². The van der Waals surface area contributed by atoms with Gasteiger partial charge < -0.3 is 15.2 Å². The van der Waals surface area contributed by atoms with E-state index in [4.69, 9.17) is 9.84 Å². The van der Waals surface area contributed by atoms with Gasteiger partial charge >= 0.3 is 5.97 Å². The molecule has 0 amide bonds. The predicted molar refractivity (Wildman–Crippen MR) is 56.6 cm³/mol. The summed E-state index contributed by atoms with van der Waals surface area (Å²) in [6, 6.07) is 4.82. The molecule has 0 saturated heterocycles. The minimum Gasteiger partial charge on any atom is -0.484 e. The topological polar surface area (TPSA) is 58.6 Å². The first kappa shape index (κ1) is 9.83. The number of hydrogen-bond acceptors (Lipinski definition) is 3. The summed E-state index contributed by atoms with van der Waals surface area (Å²) in [7, 11) is 0. The maximum atomic E-state index is 10.7. The molecule has 0 fully saturated rings. The van der Waals surface area contributed by atoms with E-state index in [2.05, 4.69) is 5.32 Å². The van der Waals surface area contributed by atoms with Gasteiger partial charge in [-0.1, -0.05) is 0 Å². The second-order valence-corrected chi connectivity index (χ2v) is 4.23. The van der Waals surface area contributed by atoms with E-state index in [0.717, 1.165) is 5.69 Å². The van der Waals surface area contributed by atoms with Crippen molar-refractivity contribution in [1.29, 1.82) is 0 Å². The summed E-state index contributed by atoms with van der Waals surface area (Å²) in [6.07, 6.45) is 0. The summed E-state index contributed by atoms with van der Waals surface area (Å²) < 4.78 is 5.70. The molecule has 2 N–H and O–H groups in total. The second kappa shape index (κ2) is 3.15. The molecule has 0 bridgehead atoms. The molecule has 4 heteroatoms. The van der Waals surface area contributed by atoms with Gasteiger partial charge in [-0.15, -0.1) is 0 Å². The monoisotopic (exact) mass is 207 g/mol. The Kier molecular flexibility index (Phi) is 2.07. The van der Waals surface area contributed by atoms with E-state index in [1.807, 2.05) is 13.8 Å². The Morgan fingerprint density at radius 2 is 2.27 bits per heavy atom. The van der Waals surface area contributed by atoms with Crippen LogP contribution in [0.25, 0.3) is 0 Å². The maximum Gasteiger partial charge on any atom is 0.335 e. The van der Waals surface area contributed by atoms with Gasteiger partial charge in [-0.2, -0.15) is 0 Å². The van der Waals surface area contributed by atoms with Crippen molar-refractivity contribution in [3.63, 3.8) is 0 Å². The molecule has 0 radical (unpaired) electrons. The average molecular weight is 207 g/mol. The lowest BCUT2D eigenvalue weighted by molar-refractivity contribution is 0.0696. The number of ether oxygens (including phenoxy) is 1. The number of hydrogen-bond donors (Lipinski definition) is 2. The van der Waals surface area contributed by atoms with Gasteiger partial charge in [0.2, 0.25) is 0 Å². The molecule has 1 aliphatic heterocycles. The molecule has 1 heterocycles. The summed E-state index contributed by atoms with van der Waals surface area (Å²) in [4.78, 5) is 10.7. The van der Waals surface area contributed by atoms with Gasteiger partial charge in [0.25, 0.3) is 0 Å². The van der Waals surface area contributed by atoms with E-state index in [1.54, 1.807) is 18.2 Å². The highest BCUT2D eigenvalue weighted by Gasteiger charge is 2.26. The zero-order chi connectivity index (χ0) is 11.1. The van der Waals surface area contributed by atoms with Crippen molar-refractivity contribution in [1.82, 2.24) is 0 Å². The van der Waals surface area contributed by atoms with Crippen molar-refractivity contribution in [3.05, 3.63) is 23.8 Å². The van der Waals surface area contributed by atoms with E-state index >= 15 is 0 Å². The third-order valence-corrected chi connectivity index (χ3v) is 2.32. The predicted octanol–water partition coefficient (Wildman–Crippen LogP) is 1.97. The van der Waals surface area contributed by atoms with Crippen LogP contribution >= 0.6 is 0 Å². The number of rotatable bonds is 1. The minimum atomic E-state index is -0.926. The Morgan fingerprint density at radius 3 is 2.93 bits per heavy atom. The fourth-order valence-electron chi connectivity index (χ4n) is 1.53. The molecule has 1 aromatic carbocycles. The minimum absolute atomic E-state index is 0.252. The largest absolute Gasteiger partial charge is 0.484 e. The number of nitrogens with one attached hydrogen (secondary N) is 1. The molecule has 0 unspecified atom stereocenters. The number of carboxylic acid groups (broad SMARTS) is 1. The van der Waals surface area contributed by atoms with E-state index in [-0.39, 0.29) is 11.2 Å². The van der Waals surface area contributed by atoms with Gasteiger partial charge in [0.05, 0.1) is 17.8 Å². The Balaban J connectivity index is 2.36. The van der Waals surface area contributed by atoms with Crippen LogP contribution in [0.1, 0.15) is 24.2 Å². The Morgan fingerprint density at radius 1 is 1.53 bits per heavy atom. The lowest BCUT2D eigenvalue weighted by Gasteiger charge is -2.33. The zero-order valence-electron chi connectivity index (χ0n) is 8.70. The van der Waals surface area contributed by atoms with Crippen molar-refractivity contribution >= 4 is 11.7 Å². The molecule has 0 aliphatic carbocycles. The fourth-order valence-corrected chi connectivity index (χ4v) is 1.53. The standard InChI is InChI=1S/C11H13NO3/c1-11(2)6-12-8-5-7(10(13)14)3-4-9(8)15-11/h3-5,12H,6H2,1-2H3,(H,13,14). The van der Waals surface area contributed by atoms with Crippen LogP contribution in [-0.2, 0) is 0 Å². The molecular weight excluding hydrogens is 194 g/mol. The molecule has 0 saturated carbocycles. The van der Waals surface area contributed by atoms with Crippen LogP contribution in [0.4, 0.5) is 5.69 Å². The van der Waals surface area contributed by atoms with Gasteiger partial charge in [-0.25, -0.2) is 4.79 Å². The summed E-state index contributed by atoms with van der Waals surface area (Å²) in [5, 5.41) is 12.0. The van der Waals surface area contributed by atoms with Crippen molar-refractivity contribution in [2.75, 3.05) is 11.9 Å². The Labute approximate surface area is 87.9 Å². The summed E-state index contributed by atoms with van der Waals surface area (Å²) in [6.45, 7) is 4.63. The molecule has 0 aromatic heterocycles. The van der Waals surface area contributed by atoms with Gasteiger partial charge in [-0.05, 0) is 32.0 Å². The molecule has 15 heavy (non-hydrogen) atoms. The smallest absolute Gasteiger partial charge is 0.335 e. The molecule has 80 valence electrons. The van der Waals surface area contributed by atoms with Crippen LogP contribution in [0.2, 0.25) is 0 Å². The van der Waals surface area contributed by atoms with Crippen molar-refractivity contribution < 1.29 is 14.6 Å². The van der Waals surface area contributed by atoms with Gasteiger partial charge in [0.15, 0.2) is 0 Å². The maximum absolute atomic E-state index is 10.7. The summed E-state index contributed by atoms with van der Waals surface area (Å²) in [5.74, 6) is -0.222. The number of carbonyl (C=O) groups is 1. The molecule has 0 atom stereocenters. The molecule has 0 spiro atoms. The Bertz CT molecular complexity index is 412.